The van der Waals surface area contributed by atoms with Crippen LogP contribution in [0.1, 0.15) is 76.5 Å². The Bertz CT molecular complexity index is 588. The van der Waals surface area contributed by atoms with Crippen molar-refractivity contribution < 1.29 is 10.2 Å². The summed E-state index contributed by atoms with van der Waals surface area (Å²) in [6.45, 7) is 11.1. The summed E-state index contributed by atoms with van der Waals surface area (Å²) < 4.78 is 0. The lowest BCUT2D eigenvalue weighted by molar-refractivity contribution is -0.0384. The van der Waals surface area contributed by atoms with E-state index >= 15 is 0 Å². The van der Waals surface area contributed by atoms with Gasteiger partial charge in [-0.05, 0) is 71.1 Å². The number of hydrogen-bond donors (Lipinski definition) is 2. The first kappa shape index (κ1) is 15.9. The predicted octanol–water partition coefficient (Wildman–Crippen LogP) is 4.52. The number of aliphatic hydroxyl groups excluding tert-OH is 1. The number of phenols is 1. The van der Waals surface area contributed by atoms with Gasteiger partial charge >= 0.3 is 0 Å². The molecule has 0 bridgehead atoms. The van der Waals surface area contributed by atoms with Gasteiger partial charge in [0.05, 0.1) is 6.10 Å². The van der Waals surface area contributed by atoms with Crippen molar-refractivity contribution in [2.75, 3.05) is 0 Å². The van der Waals surface area contributed by atoms with Crippen LogP contribution >= 0.6 is 0 Å². The smallest absolute Gasteiger partial charge is 0.119 e. The Balaban J connectivity index is 2.13. The van der Waals surface area contributed by atoms with Crippen LogP contribution in [0.5, 0.6) is 5.75 Å². The molecule has 0 amide bonds. The molecule has 1 fully saturated rings. The van der Waals surface area contributed by atoms with Gasteiger partial charge in [-0.3, -0.25) is 0 Å². The Morgan fingerprint density at radius 2 is 1.82 bits per heavy atom. The van der Waals surface area contributed by atoms with Gasteiger partial charge in [0.15, 0.2) is 0 Å². The highest BCUT2D eigenvalue weighted by molar-refractivity contribution is 5.48. The standard InChI is InChI=1S/C20H30O2/c1-12(2)15-8-13-6-7-18-19(3,4)10-14(21)11-20(18,5)16(13)9-17(15)22/h8-9,12,14,18,21-22H,6-7,10-11H2,1-5H3/t14?,18?,20-/m1/s1. The largest absolute Gasteiger partial charge is 0.508 e. The molecule has 2 N–H and O–H groups in total. The lowest BCUT2D eigenvalue weighted by Crippen LogP contribution is -2.52. The summed E-state index contributed by atoms with van der Waals surface area (Å²) in [5.74, 6) is 1.33. The summed E-state index contributed by atoms with van der Waals surface area (Å²) in [7, 11) is 0. The Morgan fingerprint density at radius 3 is 2.45 bits per heavy atom. The number of fused-ring (bicyclic) bond motifs is 3. The molecule has 122 valence electrons. The molecular formula is C20H30O2. The molecule has 0 aliphatic heterocycles. The third kappa shape index (κ3) is 2.27. The fourth-order valence-corrected chi connectivity index (χ4v) is 5.48. The molecule has 1 saturated carbocycles. The SMILES string of the molecule is CC(C)c1cc2c(cc1O)[C@@]1(C)CC(O)CC(C)(C)C1CC2. The first-order valence-corrected chi connectivity index (χ1v) is 8.69. The normalized spacial score (nSPS) is 33.4. The monoisotopic (exact) mass is 302 g/mol. The third-order valence-electron chi connectivity index (χ3n) is 6.33. The van der Waals surface area contributed by atoms with Crippen molar-refractivity contribution in [2.45, 2.75) is 77.7 Å². The van der Waals surface area contributed by atoms with Crippen LogP contribution in [-0.2, 0) is 11.8 Å². The molecule has 1 aromatic carbocycles. The van der Waals surface area contributed by atoms with Gasteiger partial charge in [-0.2, -0.15) is 0 Å². The Hall–Kier alpha value is -1.02. The first-order valence-electron chi connectivity index (χ1n) is 8.69. The van der Waals surface area contributed by atoms with E-state index in [0.717, 1.165) is 24.8 Å². The van der Waals surface area contributed by atoms with Crippen LogP contribution in [0, 0.1) is 11.3 Å². The lowest BCUT2D eigenvalue weighted by atomic mass is 9.49. The minimum absolute atomic E-state index is 0.0261. The van der Waals surface area contributed by atoms with E-state index in [1.165, 1.54) is 17.5 Å². The van der Waals surface area contributed by atoms with Gasteiger partial charge < -0.3 is 10.2 Å². The van der Waals surface area contributed by atoms with E-state index in [4.69, 9.17) is 0 Å². The number of hydrogen-bond acceptors (Lipinski definition) is 2. The van der Waals surface area contributed by atoms with Crippen molar-refractivity contribution in [2.24, 2.45) is 11.3 Å². The number of benzene rings is 1. The second-order valence-corrected chi connectivity index (χ2v) is 8.78. The van der Waals surface area contributed by atoms with Crippen LogP contribution in [0.25, 0.3) is 0 Å². The molecular weight excluding hydrogens is 272 g/mol. The van der Waals surface area contributed by atoms with E-state index in [0.29, 0.717) is 17.6 Å². The Labute approximate surface area is 134 Å². The van der Waals surface area contributed by atoms with Crippen LogP contribution < -0.4 is 0 Å². The minimum atomic E-state index is -0.242. The van der Waals surface area contributed by atoms with Gasteiger partial charge in [0, 0.05) is 0 Å². The van der Waals surface area contributed by atoms with Crippen molar-refractivity contribution in [3.8, 4) is 5.75 Å². The highest BCUT2D eigenvalue weighted by Gasteiger charge is 2.52. The molecule has 2 aliphatic carbocycles. The molecule has 0 radical (unpaired) electrons. The van der Waals surface area contributed by atoms with Crippen molar-refractivity contribution in [1.82, 2.24) is 0 Å². The predicted molar refractivity (Wildman–Crippen MR) is 90.4 cm³/mol. The molecule has 2 nitrogen and oxygen atoms in total. The van der Waals surface area contributed by atoms with E-state index in [-0.39, 0.29) is 16.9 Å². The fraction of sp³-hybridized carbons (Fsp3) is 0.700. The molecule has 0 aromatic heterocycles. The molecule has 1 aromatic rings. The maximum absolute atomic E-state index is 10.5. The van der Waals surface area contributed by atoms with Crippen molar-refractivity contribution in [3.05, 3.63) is 28.8 Å². The molecule has 0 saturated heterocycles. The van der Waals surface area contributed by atoms with Crippen LogP contribution in [0.2, 0.25) is 0 Å². The maximum atomic E-state index is 10.5. The second-order valence-electron chi connectivity index (χ2n) is 8.78. The second kappa shape index (κ2) is 4.99. The van der Waals surface area contributed by atoms with Crippen molar-refractivity contribution in [1.29, 1.82) is 0 Å². The third-order valence-corrected chi connectivity index (χ3v) is 6.33. The van der Waals surface area contributed by atoms with Crippen LogP contribution in [0.3, 0.4) is 0 Å². The molecule has 3 atom stereocenters. The maximum Gasteiger partial charge on any atom is 0.119 e. The number of phenolic OH excluding ortho intramolecular Hbond substituents is 1. The quantitative estimate of drug-likeness (QED) is 0.801. The van der Waals surface area contributed by atoms with E-state index in [9.17, 15) is 10.2 Å². The summed E-state index contributed by atoms with van der Waals surface area (Å²) in [6, 6.07) is 4.22. The zero-order valence-electron chi connectivity index (χ0n) is 14.6. The van der Waals surface area contributed by atoms with Gasteiger partial charge in [-0.25, -0.2) is 0 Å². The highest BCUT2D eigenvalue weighted by atomic mass is 16.3. The lowest BCUT2D eigenvalue weighted by Gasteiger charge is -2.55. The molecule has 0 spiro atoms. The Kier molecular flexibility index (Phi) is 3.60. The fourth-order valence-electron chi connectivity index (χ4n) is 5.48. The summed E-state index contributed by atoms with van der Waals surface area (Å²) in [6.07, 6.45) is 3.74. The molecule has 2 unspecified atom stereocenters. The van der Waals surface area contributed by atoms with E-state index in [2.05, 4.69) is 40.7 Å². The van der Waals surface area contributed by atoms with Gasteiger partial charge in [-0.1, -0.05) is 40.7 Å². The topological polar surface area (TPSA) is 40.5 Å². The van der Waals surface area contributed by atoms with Gasteiger partial charge in [-0.15, -0.1) is 0 Å². The van der Waals surface area contributed by atoms with Crippen molar-refractivity contribution >= 4 is 0 Å². The van der Waals surface area contributed by atoms with Crippen LogP contribution in [-0.4, -0.2) is 16.3 Å². The first-order chi connectivity index (χ1) is 10.1. The average molecular weight is 302 g/mol. The summed E-state index contributed by atoms with van der Waals surface area (Å²) in [5.41, 5.74) is 3.83. The van der Waals surface area contributed by atoms with E-state index in [1.54, 1.807) is 0 Å². The summed E-state index contributed by atoms with van der Waals surface area (Å²) >= 11 is 0. The molecule has 3 rings (SSSR count). The highest BCUT2D eigenvalue weighted by Crippen LogP contribution is 2.57. The summed E-state index contributed by atoms with van der Waals surface area (Å²) in [4.78, 5) is 0. The minimum Gasteiger partial charge on any atom is -0.508 e. The zero-order chi connectivity index (χ0) is 16.3. The Morgan fingerprint density at radius 1 is 1.14 bits per heavy atom. The van der Waals surface area contributed by atoms with Gasteiger partial charge in [0.25, 0.3) is 0 Å². The van der Waals surface area contributed by atoms with E-state index in [1.807, 2.05) is 6.07 Å². The average Bonchev–Trinajstić information content (AvgIpc) is 2.36. The van der Waals surface area contributed by atoms with Crippen LogP contribution in [0.15, 0.2) is 12.1 Å². The van der Waals surface area contributed by atoms with Crippen LogP contribution in [0.4, 0.5) is 0 Å². The number of aliphatic hydroxyl groups is 1. The zero-order valence-corrected chi connectivity index (χ0v) is 14.6. The molecule has 2 heteroatoms. The number of aromatic hydroxyl groups is 1. The molecule has 2 aliphatic rings. The van der Waals surface area contributed by atoms with Gasteiger partial charge in [0.1, 0.15) is 5.75 Å². The van der Waals surface area contributed by atoms with Gasteiger partial charge in [0.2, 0.25) is 0 Å². The number of aryl methyl sites for hydroxylation is 1. The number of rotatable bonds is 1. The van der Waals surface area contributed by atoms with E-state index < -0.39 is 0 Å². The molecule has 22 heavy (non-hydrogen) atoms. The summed E-state index contributed by atoms with van der Waals surface area (Å²) in [5, 5.41) is 20.9. The van der Waals surface area contributed by atoms with Crippen molar-refractivity contribution in [3.63, 3.8) is 0 Å². The molecule has 0 heterocycles.